The molecule has 0 spiro atoms. The molecule has 120 valence electrons. The van der Waals surface area contributed by atoms with E-state index in [2.05, 4.69) is 6.92 Å². The van der Waals surface area contributed by atoms with E-state index in [1.54, 1.807) is 6.07 Å². The quantitative estimate of drug-likeness (QED) is 0.870. The molecule has 1 aromatic rings. The lowest BCUT2D eigenvalue weighted by atomic mass is 9.92. The van der Waals surface area contributed by atoms with Gasteiger partial charge in [-0.15, -0.1) is 0 Å². The molecule has 0 saturated carbocycles. The molecule has 1 N–H and O–H groups in total. The van der Waals surface area contributed by atoms with Crippen LogP contribution < -0.4 is 4.74 Å². The van der Waals surface area contributed by atoms with Gasteiger partial charge in [-0.25, -0.2) is 4.79 Å². The standard InChI is InChI=1S/C17H22O5/c1-10-4-3-5-12(21-10)8-14-7-11-6-13(20-2)9-15(18)16(11)17(19)22-14/h6,9-10,12,14,18H,3-5,7-8H2,1-2H3/t10-,12+,14+/m0/s1. The molecule has 0 aromatic heterocycles. The zero-order valence-electron chi connectivity index (χ0n) is 13.0. The summed E-state index contributed by atoms with van der Waals surface area (Å²) >= 11 is 0. The Morgan fingerprint density at radius 1 is 1.32 bits per heavy atom. The molecular weight excluding hydrogens is 284 g/mol. The zero-order chi connectivity index (χ0) is 15.7. The number of carbonyl (C=O) groups is 1. The fourth-order valence-electron chi connectivity index (χ4n) is 3.36. The van der Waals surface area contributed by atoms with E-state index in [0.717, 1.165) is 24.8 Å². The topological polar surface area (TPSA) is 65.0 Å². The molecule has 3 atom stereocenters. The van der Waals surface area contributed by atoms with E-state index >= 15 is 0 Å². The summed E-state index contributed by atoms with van der Waals surface area (Å²) in [6.07, 6.45) is 4.74. The minimum Gasteiger partial charge on any atom is -0.507 e. The van der Waals surface area contributed by atoms with Crippen LogP contribution in [0.25, 0.3) is 0 Å². The molecule has 0 bridgehead atoms. The first-order chi connectivity index (χ1) is 10.6. The Bertz CT molecular complexity index is 568. The summed E-state index contributed by atoms with van der Waals surface area (Å²) < 4.78 is 16.6. The molecule has 2 heterocycles. The average Bonchev–Trinajstić information content (AvgIpc) is 2.46. The molecule has 5 heteroatoms. The van der Waals surface area contributed by atoms with Gasteiger partial charge in [0.25, 0.3) is 0 Å². The van der Waals surface area contributed by atoms with Gasteiger partial charge in [-0.3, -0.25) is 0 Å². The van der Waals surface area contributed by atoms with Crippen molar-refractivity contribution in [3.8, 4) is 11.5 Å². The number of rotatable bonds is 3. The van der Waals surface area contributed by atoms with Crippen LogP contribution >= 0.6 is 0 Å². The van der Waals surface area contributed by atoms with E-state index in [1.165, 1.54) is 13.2 Å². The van der Waals surface area contributed by atoms with E-state index in [-0.39, 0.29) is 29.6 Å². The van der Waals surface area contributed by atoms with Crippen molar-refractivity contribution >= 4 is 5.97 Å². The van der Waals surface area contributed by atoms with Crippen molar-refractivity contribution in [3.05, 3.63) is 23.3 Å². The average molecular weight is 306 g/mol. The second-order valence-electron chi connectivity index (χ2n) is 6.15. The third-order valence-corrected chi connectivity index (χ3v) is 4.42. The molecular formula is C17H22O5. The number of cyclic esters (lactones) is 1. The summed E-state index contributed by atoms with van der Waals surface area (Å²) in [6.45, 7) is 2.08. The van der Waals surface area contributed by atoms with Crippen molar-refractivity contribution in [3.63, 3.8) is 0 Å². The van der Waals surface area contributed by atoms with Crippen molar-refractivity contribution in [2.75, 3.05) is 7.11 Å². The van der Waals surface area contributed by atoms with E-state index in [9.17, 15) is 9.90 Å². The smallest absolute Gasteiger partial charge is 0.342 e. The predicted molar refractivity (Wildman–Crippen MR) is 80.4 cm³/mol. The molecule has 1 fully saturated rings. The van der Waals surface area contributed by atoms with Gasteiger partial charge in [-0.05, 0) is 37.8 Å². The second-order valence-corrected chi connectivity index (χ2v) is 6.15. The Labute approximate surface area is 130 Å². The van der Waals surface area contributed by atoms with E-state index in [4.69, 9.17) is 14.2 Å². The number of phenols is 1. The highest BCUT2D eigenvalue weighted by molar-refractivity contribution is 5.95. The number of methoxy groups -OCH3 is 1. The minimum atomic E-state index is -0.463. The van der Waals surface area contributed by atoms with Crippen LogP contribution in [-0.2, 0) is 15.9 Å². The maximum absolute atomic E-state index is 12.2. The fourth-order valence-corrected chi connectivity index (χ4v) is 3.36. The Morgan fingerprint density at radius 2 is 2.14 bits per heavy atom. The van der Waals surface area contributed by atoms with Gasteiger partial charge in [-0.1, -0.05) is 0 Å². The highest BCUT2D eigenvalue weighted by Gasteiger charge is 2.32. The molecule has 0 aliphatic carbocycles. The Morgan fingerprint density at radius 3 is 2.86 bits per heavy atom. The van der Waals surface area contributed by atoms with E-state index in [1.807, 2.05) is 0 Å². The summed E-state index contributed by atoms with van der Waals surface area (Å²) in [5.41, 5.74) is 1.04. The number of esters is 1. The first-order valence-electron chi connectivity index (χ1n) is 7.83. The molecule has 1 aromatic carbocycles. The van der Waals surface area contributed by atoms with Crippen molar-refractivity contribution in [2.45, 2.75) is 57.3 Å². The Hall–Kier alpha value is -1.75. The van der Waals surface area contributed by atoms with Gasteiger partial charge in [-0.2, -0.15) is 0 Å². The Balaban J connectivity index is 1.75. The van der Waals surface area contributed by atoms with E-state index < -0.39 is 5.97 Å². The summed E-state index contributed by atoms with van der Waals surface area (Å²) in [6, 6.07) is 3.24. The summed E-state index contributed by atoms with van der Waals surface area (Å²) in [5.74, 6) is 0.00263. The van der Waals surface area contributed by atoms with Crippen LogP contribution in [0.4, 0.5) is 0 Å². The molecule has 22 heavy (non-hydrogen) atoms. The van der Waals surface area contributed by atoms with E-state index in [0.29, 0.717) is 18.6 Å². The molecule has 2 aliphatic rings. The molecule has 3 rings (SSSR count). The van der Waals surface area contributed by atoms with Crippen LogP contribution in [0.2, 0.25) is 0 Å². The molecule has 2 aliphatic heterocycles. The molecule has 1 saturated heterocycles. The highest BCUT2D eigenvalue weighted by Crippen LogP contribution is 2.34. The number of carbonyl (C=O) groups excluding carboxylic acids is 1. The van der Waals surface area contributed by atoms with Crippen LogP contribution in [0.3, 0.4) is 0 Å². The van der Waals surface area contributed by atoms with Gasteiger partial charge in [0.15, 0.2) is 0 Å². The van der Waals surface area contributed by atoms with Gasteiger partial charge < -0.3 is 19.3 Å². The first kappa shape index (κ1) is 15.2. The molecule has 5 nitrogen and oxygen atoms in total. The number of hydrogen-bond donors (Lipinski definition) is 1. The van der Waals surface area contributed by atoms with Crippen molar-refractivity contribution < 1.29 is 24.1 Å². The minimum absolute atomic E-state index is 0.0830. The SMILES string of the molecule is COc1cc(O)c2c(c1)C[C@H](C[C@H]1CCC[C@H](C)O1)OC2=O. The fraction of sp³-hybridized carbons (Fsp3) is 0.588. The van der Waals surface area contributed by atoms with Crippen LogP contribution in [0.5, 0.6) is 11.5 Å². The van der Waals surface area contributed by atoms with Crippen LogP contribution in [0.15, 0.2) is 12.1 Å². The normalized spacial score (nSPS) is 27.9. The van der Waals surface area contributed by atoms with Gasteiger partial charge in [0.05, 0.1) is 19.3 Å². The first-order valence-corrected chi connectivity index (χ1v) is 7.83. The number of aromatic hydroxyl groups is 1. The van der Waals surface area contributed by atoms with Gasteiger partial charge in [0, 0.05) is 18.9 Å². The summed E-state index contributed by atoms with van der Waals surface area (Å²) in [7, 11) is 1.54. The third kappa shape index (κ3) is 3.04. The maximum Gasteiger partial charge on any atom is 0.342 e. The van der Waals surface area contributed by atoms with Crippen LogP contribution in [0, 0.1) is 0 Å². The van der Waals surface area contributed by atoms with Crippen molar-refractivity contribution in [2.24, 2.45) is 0 Å². The number of benzene rings is 1. The van der Waals surface area contributed by atoms with Gasteiger partial charge in [0.1, 0.15) is 23.2 Å². The second kappa shape index (κ2) is 6.16. The van der Waals surface area contributed by atoms with Crippen LogP contribution in [-0.4, -0.2) is 36.5 Å². The van der Waals surface area contributed by atoms with Crippen LogP contribution in [0.1, 0.15) is 48.5 Å². The third-order valence-electron chi connectivity index (χ3n) is 4.42. The molecule has 0 amide bonds. The lowest BCUT2D eigenvalue weighted by molar-refractivity contribution is -0.0647. The number of phenolic OH excluding ortho intramolecular Hbond substituents is 1. The maximum atomic E-state index is 12.2. The van der Waals surface area contributed by atoms with Gasteiger partial charge in [0.2, 0.25) is 0 Å². The number of ether oxygens (including phenoxy) is 3. The summed E-state index contributed by atoms with van der Waals surface area (Å²) in [5, 5.41) is 9.98. The molecule has 0 radical (unpaired) electrons. The largest absolute Gasteiger partial charge is 0.507 e. The number of hydrogen-bond acceptors (Lipinski definition) is 5. The lowest BCUT2D eigenvalue weighted by Crippen LogP contribution is -2.34. The Kier molecular flexibility index (Phi) is 4.25. The van der Waals surface area contributed by atoms with Gasteiger partial charge >= 0.3 is 5.97 Å². The number of fused-ring (bicyclic) bond motifs is 1. The lowest BCUT2D eigenvalue weighted by Gasteiger charge is -2.32. The highest BCUT2D eigenvalue weighted by atomic mass is 16.5. The molecule has 0 unspecified atom stereocenters. The zero-order valence-corrected chi connectivity index (χ0v) is 13.0. The monoisotopic (exact) mass is 306 g/mol. The predicted octanol–water partition coefficient (Wildman–Crippen LogP) is 2.83. The van der Waals surface area contributed by atoms with Crippen molar-refractivity contribution in [1.82, 2.24) is 0 Å². The summed E-state index contributed by atoms with van der Waals surface area (Å²) in [4.78, 5) is 12.2. The van der Waals surface area contributed by atoms with Crippen molar-refractivity contribution in [1.29, 1.82) is 0 Å².